The van der Waals surface area contributed by atoms with Gasteiger partial charge in [-0.25, -0.2) is 4.98 Å². The Hall–Kier alpha value is -4.86. The third-order valence-corrected chi connectivity index (χ3v) is 6.93. The van der Waals surface area contributed by atoms with Gasteiger partial charge in [0.05, 0.1) is 37.7 Å². The van der Waals surface area contributed by atoms with Gasteiger partial charge in [0.2, 0.25) is 0 Å². The first-order valence-corrected chi connectivity index (χ1v) is 15.5. The van der Waals surface area contributed by atoms with Crippen molar-refractivity contribution in [3.05, 3.63) is 112 Å². The number of nitrogens with zero attached hydrogens (tertiary/aromatic N) is 3. The molecule has 0 aliphatic rings. The van der Waals surface area contributed by atoms with E-state index in [4.69, 9.17) is 14.5 Å². The molecule has 0 radical (unpaired) electrons. The first-order valence-electron chi connectivity index (χ1n) is 15.5. The fourth-order valence-electron chi connectivity index (χ4n) is 4.90. The maximum Gasteiger partial charge on any atom is 0.573 e. The molecule has 0 aliphatic heterocycles. The largest absolute Gasteiger partial charge is 0.573 e. The number of hydrogen-bond donors (Lipinski definition) is 0. The van der Waals surface area contributed by atoms with Gasteiger partial charge in [0, 0.05) is 12.0 Å². The lowest BCUT2D eigenvalue weighted by atomic mass is 9.97. The van der Waals surface area contributed by atoms with E-state index in [1.165, 1.54) is 44.9 Å². The van der Waals surface area contributed by atoms with E-state index >= 15 is 0 Å². The van der Waals surface area contributed by atoms with E-state index in [1.807, 2.05) is 62.4 Å². The summed E-state index contributed by atoms with van der Waals surface area (Å²) in [5.74, 6) is 0.302. The molecule has 4 rings (SSSR count). The van der Waals surface area contributed by atoms with Crippen LogP contribution in [0.4, 0.5) is 13.2 Å². The van der Waals surface area contributed by atoms with Crippen LogP contribution in [-0.4, -0.2) is 36.2 Å². The average molecular weight is 650 g/mol. The third kappa shape index (κ3) is 9.81. The molecule has 47 heavy (non-hydrogen) atoms. The maximum absolute atomic E-state index is 14.0. The van der Waals surface area contributed by atoms with Gasteiger partial charge in [-0.2, -0.15) is 4.99 Å². The number of aryl methyl sites for hydroxylation is 2. The Morgan fingerprint density at radius 1 is 0.894 bits per heavy atom. The predicted molar refractivity (Wildman–Crippen MR) is 181 cm³/mol. The van der Waals surface area contributed by atoms with Gasteiger partial charge >= 0.3 is 12.4 Å². The minimum absolute atomic E-state index is 0.0983. The van der Waals surface area contributed by atoms with Crippen LogP contribution in [0.2, 0.25) is 0 Å². The lowest BCUT2D eigenvalue weighted by molar-refractivity contribution is -0.274. The van der Waals surface area contributed by atoms with Crippen molar-refractivity contribution in [2.75, 3.05) is 14.2 Å². The van der Waals surface area contributed by atoms with Crippen molar-refractivity contribution in [1.29, 1.82) is 0 Å². The lowest BCUT2D eigenvalue weighted by Gasteiger charge is -2.17. The van der Waals surface area contributed by atoms with E-state index in [9.17, 15) is 18.0 Å². The first-order chi connectivity index (χ1) is 22.5. The molecule has 0 fully saturated rings. The standard InChI is InChI=1S/C34H34F3N3O4.C3H8/c1-6-10-30-39-29(7-2)31(25-17-19-26(20-18-25)44-34(35,36)37)32(41)40(30)21-23-13-15-24(16-14-23)28-12-9-8-11-27(28)22(3)38-33(42-4)43-5;1-3-2/h8-9,11-20H,3,6-7,10,21H2,1-2,4-5H3;3H2,1-2H3. The van der Waals surface area contributed by atoms with Gasteiger partial charge in [0.15, 0.2) is 0 Å². The minimum Gasteiger partial charge on any atom is -0.454 e. The Morgan fingerprint density at radius 2 is 1.49 bits per heavy atom. The van der Waals surface area contributed by atoms with Crippen LogP contribution >= 0.6 is 0 Å². The van der Waals surface area contributed by atoms with Gasteiger partial charge in [-0.15, -0.1) is 13.2 Å². The van der Waals surface area contributed by atoms with Crippen molar-refractivity contribution in [2.24, 2.45) is 4.99 Å². The van der Waals surface area contributed by atoms with Crippen LogP contribution in [0.25, 0.3) is 28.0 Å². The Kier molecular flexibility index (Phi) is 13.4. The predicted octanol–water partition coefficient (Wildman–Crippen LogP) is 9.07. The van der Waals surface area contributed by atoms with E-state index in [1.54, 1.807) is 4.57 Å². The molecule has 250 valence electrons. The van der Waals surface area contributed by atoms with Gasteiger partial charge in [-0.05, 0) is 47.2 Å². The zero-order valence-electron chi connectivity index (χ0n) is 27.8. The van der Waals surface area contributed by atoms with Crippen molar-refractivity contribution in [1.82, 2.24) is 9.55 Å². The van der Waals surface area contributed by atoms with Crippen molar-refractivity contribution in [3.8, 4) is 28.0 Å². The number of aromatic nitrogens is 2. The van der Waals surface area contributed by atoms with Crippen molar-refractivity contribution in [2.45, 2.75) is 66.3 Å². The highest BCUT2D eigenvalue weighted by molar-refractivity contribution is 5.84. The average Bonchev–Trinajstić information content (AvgIpc) is 3.05. The van der Waals surface area contributed by atoms with Crippen molar-refractivity contribution in [3.63, 3.8) is 0 Å². The van der Waals surface area contributed by atoms with Gasteiger partial charge in [-0.1, -0.05) is 101 Å². The van der Waals surface area contributed by atoms with E-state index in [0.29, 0.717) is 41.2 Å². The molecule has 0 saturated heterocycles. The Morgan fingerprint density at radius 3 is 2.04 bits per heavy atom. The smallest absolute Gasteiger partial charge is 0.454 e. The Labute approximate surface area is 274 Å². The molecule has 3 aromatic carbocycles. The number of halogens is 3. The summed E-state index contributed by atoms with van der Waals surface area (Å²) in [5, 5.41) is 0. The van der Waals surface area contributed by atoms with Crippen molar-refractivity contribution >= 4 is 11.8 Å². The van der Waals surface area contributed by atoms with Gasteiger partial charge in [-0.3, -0.25) is 9.36 Å². The second kappa shape index (κ2) is 17.2. The fourth-order valence-corrected chi connectivity index (χ4v) is 4.90. The highest BCUT2D eigenvalue weighted by Crippen LogP contribution is 2.30. The molecule has 0 aliphatic carbocycles. The SMILES string of the molecule is C=C(N=C(OC)OC)c1ccccc1-c1ccc(Cn2c(CCC)nc(CC)c(-c3ccc(OC(F)(F)F)cc3)c2=O)cc1.CCC. The minimum atomic E-state index is -4.80. The highest BCUT2D eigenvalue weighted by Gasteiger charge is 2.31. The second-order valence-electron chi connectivity index (χ2n) is 10.6. The summed E-state index contributed by atoms with van der Waals surface area (Å²) in [6.45, 7) is 12.5. The molecular weight excluding hydrogens is 607 g/mol. The molecular formula is C37H42F3N3O4. The number of rotatable bonds is 10. The van der Waals surface area contributed by atoms with Gasteiger partial charge in [0.1, 0.15) is 11.6 Å². The molecule has 0 spiro atoms. The van der Waals surface area contributed by atoms with E-state index < -0.39 is 6.36 Å². The van der Waals surface area contributed by atoms with E-state index in [2.05, 4.69) is 30.2 Å². The third-order valence-electron chi connectivity index (χ3n) is 6.93. The molecule has 0 N–H and O–H groups in total. The first kappa shape index (κ1) is 36.6. The zero-order valence-corrected chi connectivity index (χ0v) is 27.8. The maximum atomic E-state index is 14.0. The van der Waals surface area contributed by atoms with Crippen LogP contribution in [-0.2, 0) is 28.9 Å². The summed E-state index contributed by atoms with van der Waals surface area (Å²) in [5.41, 5.74) is 5.20. The molecule has 4 aromatic rings. The van der Waals surface area contributed by atoms with Gasteiger partial charge < -0.3 is 14.2 Å². The van der Waals surface area contributed by atoms with Crippen LogP contribution in [0.5, 0.6) is 5.75 Å². The lowest BCUT2D eigenvalue weighted by Crippen LogP contribution is -2.29. The van der Waals surface area contributed by atoms with Gasteiger partial charge in [0.25, 0.3) is 5.56 Å². The summed E-state index contributed by atoms with van der Waals surface area (Å²) >= 11 is 0. The quantitative estimate of drug-likeness (QED) is 0.127. The summed E-state index contributed by atoms with van der Waals surface area (Å²) in [4.78, 5) is 23.1. The number of methoxy groups -OCH3 is 2. The molecule has 0 atom stereocenters. The molecule has 0 amide bonds. The number of aliphatic imine (C=N–C) groups is 1. The van der Waals surface area contributed by atoms with E-state index in [0.717, 1.165) is 28.7 Å². The number of alkyl halides is 3. The monoisotopic (exact) mass is 649 g/mol. The molecule has 1 heterocycles. The number of ether oxygens (including phenoxy) is 3. The Bertz CT molecular complexity index is 1710. The Balaban J connectivity index is 0.00000192. The van der Waals surface area contributed by atoms with Crippen LogP contribution in [0.15, 0.2) is 89.2 Å². The summed E-state index contributed by atoms with van der Waals surface area (Å²) in [6.07, 6.45) is -1.58. The van der Waals surface area contributed by atoms with Crippen molar-refractivity contribution < 1.29 is 27.4 Å². The van der Waals surface area contributed by atoms with E-state index in [-0.39, 0.29) is 23.9 Å². The molecule has 0 unspecified atom stereocenters. The molecule has 0 bridgehead atoms. The normalized spacial score (nSPS) is 10.8. The van der Waals surface area contributed by atoms with Crippen LogP contribution in [0.1, 0.15) is 63.2 Å². The molecule has 7 nitrogen and oxygen atoms in total. The van der Waals surface area contributed by atoms with Crippen LogP contribution in [0.3, 0.4) is 0 Å². The summed E-state index contributed by atoms with van der Waals surface area (Å²) in [7, 11) is 2.93. The fraction of sp³-hybridized carbons (Fsp3) is 0.324. The summed E-state index contributed by atoms with van der Waals surface area (Å²) in [6, 6.07) is 20.9. The molecule has 10 heteroatoms. The zero-order chi connectivity index (χ0) is 34.6. The number of hydrogen-bond acceptors (Lipinski definition) is 6. The molecule has 0 saturated carbocycles. The highest BCUT2D eigenvalue weighted by atomic mass is 19.4. The second-order valence-corrected chi connectivity index (χ2v) is 10.6. The topological polar surface area (TPSA) is 74.9 Å². The van der Waals surface area contributed by atoms with Crippen LogP contribution < -0.4 is 10.3 Å². The van der Waals surface area contributed by atoms with Crippen LogP contribution in [0, 0.1) is 0 Å². The number of benzene rings is 3. The molecule has 1 aromatic heterocycles. The summed E-state index contributed by atoms with van der Waals surface area (Å²) < 4.78 is 53.9.